The summed E-state index contributed by atoms with van der Waals surface area (Å²) in [6, 6.07) is 1.46. The zero-order valence-corrected chi connectivity index (χ0v) is 9.12. The summed E-state index contributed by atoms with van der Waals surface area (Å²) < 4.78 is 5.32. The minimum absolute atomic E-state index is 0.132. The van der Waals surface area contributed by atoms with Gasteiger partial charge in [-0.05, 0) is 14.1 Å². The molecule has 1 heterocycles. The zero-order chi connectivity index (χ0) is 11.3. The maximum absolute atomic E-state index is 11.5. The number of aromatic nitrogens is 1. The molecule has 0 saturated carbocycles. The van der Waals surface area contributed by atoms with Gasteiger partial charge in [0.05, 0.1) is 0 Å². The number of pyridine rings is 1. The number of H-pyrrole nitrogens is 1. The highest BCUT2D eigenvalue weighted by atomic mass is 16.5. The fourth-order valence-corrected chi connectivity index (χ4v) is 1.07. The Bertz CT molecular complexity index is 360. The second-order valence-corrected chi connectivity index (χ2v) is 3.54. The second kappa shape index (κ2) is 5.53. The van der Waals surface area contributed by atoms with Gasteiger partial charge in [0, 0.05) is 31.0 Å². The number of rotatable bonds is 5. The molecule has 0 bridgehead atoms. The number of nitrogens with zero attached hydrogens (tertiary/aromatic N) is 1. The van der Waals surface area contributed by atoms with Crippen LogP contribution in [0.1, 0.15) is 5.69 Å². The Balaban J connectivity index is 2.58. The molecule has 1 aromatic rings. The van der Waals surface area contributed by atoms with Crippen LogP contribution in [-0.2, 0) is 6.54 Å². The van der Waals surface area contributed by atoms with Crippen LogP contribution in [0.15, 0.2) is 17.1 Å². The summed E-state index contributed by atoms with van der Waals surface area (Å²) in [5, 5.41) is 0. The summed E-state index contributed by atoms with van der Waals surface area (Å²) in [6.07, 6.45) is 1.56. The van der Waals surface area contributed by atoms with Gasteiger partial charge in [-0.3, -0.25) is 4.79 Å². The van der Waals surface area contributed by atoms with Crippen LogP contribution in [0.3, 0.4) is 0 Å². The van der Waals surface area contributed by atoms with Crippen molar-refractivity contribution in [3.05, 3.63) is 28.2 Å². The molecule has 0 fully saturated rings. The average Bonchev–Trinajstić information content (AvgIpc) is 2.20. The molecule has 0 saturated heterocycles. The van der Waals surface area contributed by atoms with Gasteiger partial charge in [0.25, 0.3) is 0 Å². The molecule has 84 valence electrons. The Morgan fingerprint density at radius 1 is 1.53 bits per heavy atom. The summed E-state index contributed by atoms with van der Waals surface area (Å²) >= 11 is 0. The molecule has 1 rings (SSSR count). The molecule has 0 radical (unpaired) electrons. The SMILES string of the molecule is CN(C)CCOc1c[nH]c(CN)cc1=O. The van der Waals surface area contributed by atoms with E-state index in [1.165, 1.54) is 6.07 Å². The normalized spacial score (nSPS) is 10.7. The van der Waals surface area contributed by atoms with E-state index < -0.39 is 0 Å². The predicted octanol–water partition coefficient (Wildman–Crippen LogP) is -0.226. The summed E-state index contributed by atoms with van der Waals surface area (Å²) in [7, 11) is 3.90. The molecule has 0 aliphatic carbocycles. The number of hydrogen-bond donors (Lipinski definition) is 2. The molecular formula is C10H17N3O2. The quantitative estimate of drug-likeness (QED) is 0.706. The smallest absolute Gasteiger partial charge is 0.223 e. The molecule has 3 N–H and O–H groups in total. The summed E-state index contributed by atoms with van der Waals surface area (Å²) in [5.74, 6) is 0.342. The molecule has 0 aliphatic heterocycles. The van der Waals surface area contributed by atoms with Gasteiger partial charge < -0.3 is 20.4 Å². The van der Waals surface area contributed by atoms with Crippen LogP contribution in [-0.4, -0.2) is 37.1 Å². The summed E-state index contributed by atoms with van der Waals surface area (Å²) in [6.45, 7) is 1.60. The van der Waals surface area contributed by atoms with Crippen molar-refractivity contribution in [2.75, 3.05) is 27.2 Å². The Labute approximate surface area is 88.9 Å². The van der Waals surface area contributed by atoms with Gasteiger partial charge in [-0.2, -0.15) is 0 Å². The minimum Gasteiger partial charge on any atom is -0.487 e. The standard InChI is InChI=1S/C10H17N3O2/c1-13(2)3-4-15-10-7-12-8(6-11)5-9(10)14/h5,7H,3-4,6,11H2,1-2H3,(H,12,14). The van der Waals surface area contributed by atoms with Crippen LogP contribution in [0.2, 0.25) is 0 Å². The first-order chi connectivity index (χ1) is 7.13. The van der Waals surface area contributed by atoms with Crippen LogP contribution in [0, 0.1) is 0 Å². The number of hydrogen-bond acceptors (Lipinski definition) is 4. The first-order valence-corrected chi connectivity index (χ1v) is 4.82. The van der Waals surface area contributed by atoms with E-state index in [4.69, 9.17) is 10.5 Å². The van der Waals surface area contributed by atoms with Crippen molar-refractivity contribution in [1.82, 2.24) is 9.88 Å². The lowest BCUT2D eigenvalue weighted by atomic mass is 10.3. The first kappa shape index (κ1) is 11.7. The Morgan fingerprint density at radius 3 is 2.80 bits per heavy atom. The van der Waals surface area contributed by atoms with Crippen molar-refractivity contribution in [1.29, 1.82) is 0 Å². The van der Waals surface area contributed by atoms with Gasteiger partial charge in [-0.1, -0.05) is 0 Å². The third-order valence-electron chi connectivity index (χ3n) is 1.95. The molecule has 0 spiro atoms. The van der Waals surface area contributed by atoms with E-state index in [9.17, 15) is 4.79 Å². The minimum atomic E-state index is -0.132. The highest BCUT2D eigenvalue weighted by Crippen LogP contribution is 2.01. The molecule has 5 heteroatoms. The van der Waals surface area contributed by atoms with E-state index in [0.717, 1.165) is 6.54 Å². The number of nitrogens with one attached hydrogen (secondary N) is 1. The average molecular weight is 211 g/mol. The lowest BCUT2D eigenvalue weighted by Gasteiger charge is -2.10. The first-order valence-electron chi connectivity index (χ1n) is 4.82. The van der Waals surface area contributed by atoms with Crippen molar-refractivity contribution in [2.45, 2.75) is 6.54 Å². The molecule has 0 unspecified atom stereocenters. The van der Waals surface area contributed by atoms with Gasteiger partial charge in [0.15, 0.2) is 5.75 Å². The van der Waals surface area contributed by atoms with Crippen LogP contribution in [0.5, 0.6) is 5.75 Å². The van der Waals surface area contributed by atoms with Gasteiger partial charge in [0.1, 0.15) is 6.61 Å². The Kier molecular flexibility index (Phi) is 4.33. The van der Waals surface area contributed by atoms with Crippen LogP contribution >= 0.6 is 0 Å². The van der Waals surface area contributed by atoms with Gasteiger partial charge in [-0.25, -0.2) is 0 Å². The monoisotopic (exact) mass is 211 g/mol. The van der Waals surface area contributed by atoms with E-state index >= 15 is 0 Å². The molecule has 0 aromatic carbocycles. The topological polar surface area (TPSA) is 71.3 Å². The Morgan fingerprint density at radius 2 is 2.27 bits per heavy atom. The van der Waals surface area contributed by atoms with Gasteiger partial charge >= 0.3 is 0 Å². The van der Waals surface area contributed by atoms with E-state index in [0.29, 0.717) is 24.6 Å². The van der Waals surface area contributed by atoms with Crippen LogP contribution in [0.4, 0.5) is 0 Å². The van der Waals surface area contributed by atoms with E-state index in [2.05, 4.69) is 4.98 Å². The molecule has 0 amide bonds. The highest BCUT2D eigenvalue weighted by Gasteiger charge is 2.01. The van der Waals surface area contributed by atoms with E-state index in [-0.39, 0.29) is 5.43 Å². The molecule has 5 nitrogen and oxygen atoms in total. The van der Waals surface area contributed by atoms with Crippen molar-refractivity contribution in [2.24, 2.45) is 5.73 Å². The highest BCUT2D eigenvalue weighted by molar-refractivity contribution is 5.20. The molecule has 1 aromatic heterocycles. The number of nitrogens with two attached hydrogens (primary N) is 1. The fourth-order valence-electron chi connectivity index (χ4n) is 1.07. The van der Waals surface area contributed by atoms with E-state index in [1.54, 1.807) is 6.20 Å². The second-order valence-electron chi connectivity index (χ2n) is 3.54. The maximum atomic E-state index is 11.5. The third-order valence-corrected chi connectivity index (χ3v) is 1.95. The molecule has 15 heavy (non-hydrogen) atoms. The van der Waals surface area contributed by atoms with Crippen molar-refractivity contribution < 1.29 is 4.74 Å². The molecule has 0 aliphatic rings. The summed E-state index contributed by atoms with van der Waals surface area (Å²) in [5.41, 5.74) is 5.97. The van der Waals surface area contributed by atoms with Crippen LogP contribution < -0.4 is 15.9 Å². The molecule has 0 atom stereocenters. The number of likely N-dealkylation sites (N-methyl/N-ethyl adjacent to an activating group) is 1. The van der Waals surface area contributed by atoms with Crippen LogP contribution in [0.25, 0.3) is 0 Å². The predicted molar refractivity (Wildman–Crippen MR) is 59.0 cm³/mol. The largest absolute Gasteiger partial charge is 0.487 e. The fraction of sp³-hybridized carbons (Fsp3) is 0.500. The Hall–Kier alpha value is -1.33. The lowest BCUT2D eigenvalue weighted by Crippen LogP contribution is -2.21. The maximum Gasteiger partial charge on any atom is 0.223 e. The number of aromatic amines is 1. The van der Waals surface area contributed by atoms with E-state index in [1.807, 2.05) is 19.0 Å². The van der Waals surface area contributed by atoms with Crippen molar-refractivity contribution in [3.63, 3.8) is 0 Å². The third kappa shape index (κ3) is 3.73. The van der Waals surface area contributed by atoms with Crippen molar-refractivity contribution in [3.8, 4) is 5.75 Å². The summed E-state index contributed by atoms with van der Waals surface area (Å²) in [4.78, 5) is 16.4. The van der Waals surface area contributed by atoms with Gasteiger partial charge in [0.2, 0.25) is 5.43 Å². The molecular weight excluding hydrogens is 194 g/mol. The lowest BCUT2D eigenvalue weighted by molar-refractivity contribution is 0.259. The van der Waals surface area contributed by atoms with Gasteiger partial charge in [-0.15, -0.1) is 0 Å². The zero-order valence-electron chi connectivity index (χ0n) is 9.12. The van der Waals surface area contributed by atoms with Crippen molar-refractivity contribution >= 4 is 0 Å². The number of ether oxygens (including phenoxy) is 1.